The van der Waals surface area contributed by atoms with Gasteiger partial charge >= 0.3 is 0 Å². The van der Waals surface area contributed by atoms with Gasteiger partial charge in [-0.3, -0.25) is 0 Å². The van der Waals surface area contributed by atoms with Gasteiger partial charge in [0.15, 0.2) is 0 Å². The summed E-state index contributed by atoms with van der Waals surface area (Å²) >= 11 is 0. The second kappa shape index (κ2) is 5.37. The molecule has 0 amide bonds. The standard InChI is InChI=1S/C12H11.Tl/c1-2-6-11(7-3-1)10-12-8-4-5-9-12;/h1-9H,10H2;. The average Bonchev–Trinajstić information content (AvgIpc) is 2.59. The van der Waals surface area contributed by atoms with E-state index in [1.54, 1.807) is 0 Å². The molecule has 1 heteroatoms. The van der Waals surface area contributed by atoms with Crippen molar-refractivity contribution >= 4 is 27.3 Å². The maximum atomic E-state index is 2.16. The third-order valence-electron chi connectivity index (χ3n) is 1.98. The number of hydrogen-bond acceptors (Lipinski definition) is 0. The third kappa shape index (κ3) is 3.10. The molecule has 2 rings (SSSR count). The summed E-state index contributed by atoms with van der Waals surface area (Å²) in [4.78, 5) is 0. The molecule has 1 aromatic carbocycles. The summed E-state index contributed by atoms with van der Waals surface area (Å²) in [5.41, 5.74) is 2.77. The Labute approximate surface area is 99.5 Å². The summed E-state index contributed by atoms with van der Waals surface area (Å²) in [6.45, 7) is 0. The van der Waals surface area contributed by atoms with E-state index in [0.717, 1.165) is 6.42 Å². The quantitative estimate of drug-likeness (QED) is 0.712. The molecule has 0 fully saturated rings. The summed E-state index contributed by atoms with van der Waals surface area (Å²) < 4.78 is 0. The number of benzene rings is 1. The number of rotatable bonds is 2. The van der Waals surface area contributed by atoms with Gasteiger partial charge in [-0.2, -0.15) is 0 Å². The van der Waals surface area contributed by atoms with Crippen molar-refractivity contribution in [3.05, 3.63) is 66.1 Å². The van der Waals surface area contributed by atoms with Gasteiger partial charge < -0.3 is 0 Å². The van der Waals surface area contributed by atoms with Crippen molar-refractivity contribution in [2.75, 3.05) is 0 Å². The van der Waals surface area contributed by atoms with Gasteiger partial charge in [0.2, 0.25) is 0 Å². The van der Waals surface area contributed by atoms with Crippen molar-refractivity contribution < 1.29 is 0 Å². The van der Waals surface area contributed by atoms with E-state index in [9.17, 15) is 0 Å². The van der Waals surface area contributed by atoms with Crippen LogP contribution in [0.25, 0.3) is 0 Å². The maximum absolute atomic E-state index is 2.16. The van der Waals surface area contributed by atoms with Crippen LogP contribution in [-0.2, 0) is 6.42 Å². The minimum Gasteiger partial charge on any atom is -0.0764 e. The Morgan fingerprint density at radius 3 is 2.38 bits per heavy atom. The van der Waals surface area contributed by atoms with Crippen LogP contribution < -0.4 is 0 Å². The average molecular weight is 360 g/mol. The number of hydrogen-bond donors (Lipinski definition) is 0. The first-order chi connectivity index (χ1) is 5.95. The molecule has 13 heavy (non-hydrogen) atoms. The van der Waals surface area contributed by atoms with E-state index in [4.69, 9.17) is 0 Å². The van der Waals surface area contributed by atoms with Gasteiger partial charge in [-0.25, -0.2) is 0 Å². The van der Waals surface area contributed by atoms with Crippen LogP contribution in [0.15, 0.2) is 54.1 Å². The van der Waals surface area contributed by atoms with Crippen molar-refractivity contribution in [3.8, 4) is 0 Å². The Kier molecular flexibility index (Phi) is 4.42. The van der Waals surface area contributed by atoms with E-state index in [0.29, 0.717) is 0 Å². The Morgan fingerprint density at radius 2 is 1.77 bits per heavy atom. The Morgan fingerprint density at radius 1 is 1.00 bits per heavy atom. The van der Waals surface area contributed by atoms with Crippen molar-refractivity contribution in [2.45, 2.75) is 6.42 Å². The van der Waals surface area contributed by atoms with Crippen molar-refractivity contribution in [2.24, 2.45) is 0 Å². The van der Waals surface area contributed by atoms with Gasteiger partial charge in [0.25, 0.3) is 0 Å². The molecule has 0 aromatic heterocycles. The molecule has 0 saturated heterocycles. The smallest absolute Gasteiger partial charge is 0.00536 e. The van der Waals surface area contributed by atoms with Gasteiger partial charge in [-0.1, -0.05) is 48.6 Å². The van der Waals surface area contributed by atoms with Crippen LogP contribution >= 0.6 is 0 Å². The van der Waals surface area contributed by atoms with E-state index in [1.165, 1.54) is 11.1 Å². The van der Waals surface area contributed by atoms with Gasteiger partial charge in [0, 0.05) is 33.7 Å². The zero-order valence-corrected chi connectivity index (χ0v) is 12.0. The predicted molar refractivity (Wildman–Crippen MR) is 57.4 cm³/mol. The predicted octanol–water partition coefficient (Wildman–Crippen LogP) is 2.55. The van der Waals surface area contributed by atoms with E-state index in [2.05, 4.69) is 55.0 Å². The van der Waals surface area contributed by atoms with Crippen molar-refractivity contribution in [3.63, 3.8) is 0 Å². The molecular formula is C12H11Tl. The fraction of sp³-hybridized carbons (Fsp3) is 0.0833. The summed E-state index contributed by atoms with van der Waals surface area (Å²) in [5.74, 6) is 0. The molecule has 1 aromatic rings. The van der Waals surface area contributed by atoms with Gasteiger partial charge in [0.1, 0.15) is 0 Å². The first-order valence-corrected chi connectivity index (χ1v) is 4.20. The van der Waals surface area contributed by atoms with Crippen LogP contribution in [-0.4, -0.2) is 27.3 Å². The Hall–Kier alpha value is -0.378. The molecule has 0 unspecified atom stereocenters. The molecule has 1 aliphatic carbocycles. The summed E-state index contributed by atoms with van der Waals surface area (Å²) in [5, 5.41) is 0. The molecule has 0 nitrogen and oxygen atoms in total. The molecule has 0 bridgehead atoms. The van der Waals surface area contributed by atoms with Gasteiger partial charge in [0.05, 0.1) is 0 Å². The second-order valence-corrected chi connectivity index (χ2v) is 2.96. The molecule has 2 radical (unpaired) electrons. The zero-order chi connectivity index (χ0) is 8.23. The van der Waals surface area contributed by atoms with E-state index >= 15 is 0 Å². The molecule has 0 N–H and O–H groups in total. The summed E-state index contributed by atoms with van der Waals surface area (Å²) in [7, 11) is 0. The summed E-state index contributed by atoms with van der Waals surface area (Å²) in [6, 6.07) is 10.5. The minimum absolute atomic E-state index is 0. The van der Waals surface area contributed by atoms with Gasteiger partial charge in [-0.05, 0) is 17.6 Å². The monoisotopic (exact) mass is 360 g/mol. The zero-order valence-electron chi connectivity index (χ0n) is 7.48. The van der Waals surface area contributed by atoms with Crippen LogP contribution in [0.2, 0.25) is 0 Å². The maximum Gasteiger partial charge on any atom is 0.00536 e. The molecule has 1 aliphatic rings. The molecule has 0 heterocycles. The van der Waals surface area contributed by atoms with Crippen molar-refractivity contribution in [1.82, 2.24) is 0 Å². The Balaban J connectivity index is 0.000000845. The van der Waals surface area contributed by atoms with Crippen LogP contribution in [0, 0.1) is 6.42 Å². The van der Waals surface area contributed by atoms with Crippen molar-refractivity contribution in [1.29, 1.82) is 0 Å². The topological polar surface area (TPSA) is 0 Å². The third-order valence-corrected chi connectivity index (χ3v) is 1.98. The fourth-order valence-corrected chi connectivity index (χ4v) is 1.36. The fourth-order valence-electron chi connectivity index (χ4n) is 1.36. The van der Waals surface area contributed by atoms with E-state index in [-0.39, 0.29) is 27.3 Å². The first kappa shape index (κ1) is 10.7. The van der Waals surface area contributed by atoms with Crippen LogP contribution in [0.5, 0.6) is 0 Å². The second-order valence-electron chi connectivity index (χ2n) is 2.96. The normalized spacial score (nSPS) is 13.7. The molecular weight excluding hydrogens is 349 g/mol. The largest absolute Gasteiger partial charge is 0.0764 e. The molecule has 0 saturated carbocycles. The summed E-state index contributed by atoms with van der Waals surface area (Å²) in [6.07, 6.45) is 9.53. The van der Waals surface area contributed by atoms with Crippen LogP contribution in [0.4, 0.5) is 0 Å². The molecule has 0 aliphatic heterocycles. The Bertz CT molecular complexity index is 309. The van der Waals surface area contributed by atoms with Crippen LogP contribution in [0.3, 0.4) is 0 Å². The van der Waals surface area contributed by atoms with E-state index < -0.39 is 0 Å². The van der Waals surface area contributed by atoms with Crippen LogP contribution in [0.1, 0.15) is 5.56 Å². The molecule has 62 valence electrons. The van der Waals surface area contributed by atoms with Gasteiger partial charge in [-0.15, -0.1) is 0 Å². The minimum atomic E-state index is 0. The SMILES string of the molecule is [CH]1C=CC(Cc2ccccc2)=C1.[Tl]. The van der Waals surface area contributed by atoms with E-state index in [1.807, 2.05) is 0 Å². The molecule has 0 atom stereocenters. The number of allylic oxidation sites excluding steroid dienone is 4. The first-order valence-electron chi connectivity index (χ1n) is 4.20. The molecule has 0 spiro atoms.